The smallest absolute Gasteiger partial charge is 0.295 e. The number of pyridine rings is 1. The summed E-state index contributed by atoms with van der Waals surface area (Å²) in [7, 11) is 1.59. The van der Waals surface area contributed by atoms with Gasteiger partial charge < -0.3 is 5.32 Å². The number of benzene rings is 1. The monoisotopic (exact) mass is 265 g/mol. The van der Waals surface area contributed by atoms with Crippen LogP contribution >= 0.6 is 0 Å². The zero-order valence-corrected chi connectivity index (χ0v) is 9.85. The van der Waals surface area contributed by atoms with Crippen LogP contribution in [0.4, 0.5) is 20.3 Å². The summed E-state index contributed by atoms with van der Waals surface area (Å²) in [6.45, 7) is 0. The number of aromatic nitrogens is 1. The van der Waals surface area contributed by atoms with Crippen molar-refractivity contribution in [2.24, 2.45) is 0 Å². The predicted molar refractivity (Wildman–Crippen MR) is 65.8 cm³/mol. The van der Waals surface area contributed by atoms with Gasteiger partial charge in [-0.1, -0.05) is 0 Å². The van der Waals surface area contributed by atoms with Crippen LogP contribution in [0.3, 0.4) is 0 Å². The molecule has 0 aliphatic rings. The summed E-state index contributed by atoms with van der Waals surface area (Å²) in [4.78, 5) is 14.3. The third-order valence-electron chi connectivity index (χ3n) is 2.46. The van der Waals surface area contributed by atoms with Crippen molar-refractivity contribution in [2.75, 3.05) is 12.4 Å². The predicted octanol–water partition coefficient (Wildman–Crippen LogP) is 2.98. The molecule has 0 bridgehead atoms. The van der Waals surface area contributed by atoms with Crippen LogP contribution in [0.25, 0.3) is 11.3 Å². The van der Waals surface area contributed by atoms with Gasteiger partial charge in [0.05, 0.1) is 4.92 Å². The lowest BCUT2D eigenvalue weighted by Gasteiger charge is -2.06. The van der Waals surface area contributed by atoms with Crippen molar-refractivity contribution in [1.82, 2.24) is 4.98 Å². The maximum Gasteiger partial charge on any atom is 0.295 e. The highest BCUT2D eigenvalue weighted by molar-refractivity contribution is 5.71. The molecule has 5 nitrogen and oxygen atoms in total. The highest BCUT2D eigenvalue weighted by Crippen LogP contribution is 2.30. The number of hydrogen-bond acceptors (Lipinski definition) is 4. The Morgan fingerprint density at radius 1 is 1.21 bits per heavy atom. The van der Waals surface area contributed by atoms with Gasteiger partial charge in [0.25, 0.3) is 5.69 Å². The van der Waals surface area contributed by atoms with Crippen molar-refractivity contribution in [1.29, 1.82) is 0 Å². The molecule has 0 radical (unpaired) electrons. The third-order valence-corrected chi connectivity index (χ3v) is 2.46. The first-order valence-electron chi connectivity index (χ1n) is 5.31. The molecule has 1 aromatic heterocycles. The quantitative estimate of drug-likeness (QED) is 0.684. The Kier molecular flexibility index (Phi) is 3.37. The first-order valence-corrected chi connectivity index (χ1v) is 5.31. The van der Waals surface area contributed by atoms with E-state index in [1.54, 1.807) is 7.05 Å². The first kappa shape index (κ1) is 12.9. The van der Waals surface area contributed by atoms with Gasteiger partial charge in [-0.25, -0.2) is 13.8 Å². The lowest BCUT2D eigenvalue weighted by Crippen LogP contribution is -1.99. The van der Waals surface area contributed by atoms with Crippen LogP contribution in [0.2, 0.25) is 0 Å². The molecule has 0 atom stereocenters. The number of nitro groups is 1. The molecule has 0 aliphatic carbocycles. The topological polar surface area (TPSA) is 68.1 Å². The van der Waals surface area contributed by atoms with Crippen LogP contribution < -0.4 is 5.32 Å². The van der Waals surface area contributed by atoms with Crippen LogP contribution in [0, 0.1) is 21.7 Å². The van der Waals surface area contributed by atoms with Crippen LogP contribution in [0.5, 0.6) is 0 Å². The summed E-state index contributed by atoms with van der Waals surface area (Å²) in [6, 6.07) is 5.33. The molecular weight excluding hydrogens is 256 g/mol. The summed E-state index contributed by atoms with van der Waals surface area (Å²) >= 11 is 0. The molecule has 2 aromatic rings. The lowest BCUT2D eigenvalue weighted by atomic mass is 10.1. The van der Waals surface area contributed by atoms with Crippen LogP contribution in [0.1, 0.15) is 0 Å². The number of anilines is 1. The molecule has 0 unspecified atom stereocenters. The second kappa shape index (κ2) is 4.97. The average Bonchev–Trinajstić information content (AvgIpc) is 2.36. The Hall–Kier alpha value is -2.57. The first-order chi connectivity index (χ1) is 9.01. The molecular formula is C12H9F2N3O2. The van der Waals surface area contributed by atoms with Crippen LogP contribution in [0.15, 0.2) is 30.3 Å². The molecule has 2 rings (SSSR count). The molecule has 0 saturated carbocycles. The molecule has 1 aromatic carbocycles. The van der Waals surface area contributed by atoms with E-state index < -0.39 is 16.6 Å². The molecule has 1 heterocycles. The van der Waals surface area contributed by atoms with Gasteiger partial charge in [0.2, 0.25) is 0 Å². The van der Waals surface area contributed by atoms with Crippen molar-refractivity contribution >= 4 is 11.5 Å². The number of rotatable bonds is 3. The van der Waals surface area contributed by atoms with E-state index in [0.717, 1.165) is 12.1 Å². The van der Waals surface area contributed by atoms with E-state index in [1.807, 2.05) is 0 Å². The molecule has 0 saturated heterocycles. The lowest BCUT2D eigenvalue weighted by molar-refractivity contribution is -0.384. The van der Waals surface area contributed by atoms with Gasteiger partial charge in [0, 0.05) is 24.7 Å². The van der Waals surface area contributed by atoms with Gasteiger partial charge in [-0.3, -0.25) is 10.1 Å². The van der Waals surface area contributed by atoms with E-state index >= 15 is 0 Å². The minimum absolute atomic E-state index is 0.0151. The van der Waals surface area contributed by atoms with Crippen molar-refractivity contribution in [3.05, 3.63) is 52.1 Å². The summed E-state index contributed by atoms with van der Waals surface area (Å²) in [5.74, 6) is -1.27. The normalized spacial score (nSPS) is 10.3. The minimum atomic E-state index is -0.819. The third kappa shape index (κ3) is 2.65. The maximum absolute atomic E-state index is 13.2. The van der Waals surface area contributed by atoms with E-state index in [-0.39, 0.29) is 16.9 Å². The van der Waals surface area contributed by atoms with Gasteiger partial charge in [-0.15, -0.1) is 0 Å². The average molecular weight is 265 g/mol. The fraction of sp³-hybridized carbons (Fsp3) is 0.0833. The largest absolute Gasteiger partial charge is 0.373 e. The molecule has 0 aliphatic heterocycles. The second-order valence-electron chi connectivity index (χ2n) is 3.73. The fourth-order valence-corrected chi connectivity index (χ4v) is 1.64. The Morgan fingerprint density at radius 3 is 2.37 bits per heavy atom. The van der Waals surface area contributed by atoms with E-state index in [1.165, 1.54) is 12.1 Å². The summed E-state index contributed by atoms with van der Waals surface area (Å²) in [5.41, 5.74) is -0.388. The Labute approximate surface area is 107 Å². The molecule has 98 valence electrons. The molecule has 0 amide bonds. The highest BCUT2D eigenvalue weighted by atomic mass is 19.1. The molecule has 7 heteroatoms. The highest BCUT2D eigenvalue weighted by Gasteiger charge is 2.18. The molecule has 1 N–H and O–H groups in total. The zero-order chi connectivity index (χ0) is 14.0. The number of hydrogen-bond donors (Lipinski definition) is 1. The molecule has 0 spiro atoms. The van der Waals surface area contributed by atoms with Gasteiger partial charge >= 0.3 is 0 Å². The van der Waals surface area contributed by atoms with E-state index in [2.05, 4.69) is 10.3 Å². The number of nitrogens with zero attached hydrogens (tertiary/aromatic N) is 2. The molecule has 19 heavy (non-hydrogen) atoms. The Balaban J connectivity index is 2.67. The van der Waals surface area contributed by atoms with Crippen molar-refractivity contribution in [3.63, 3.8) is 0 Å². The van der Waals surface area contributed by atoms with E-state index in [4.69, 9.17) is 0 Å². The SMILES string of the molecule is CNc1ccc([N+](=O)[O-])c(-c2cc(F)cc(F)c2)n1. The van der Waals surface area contributed by atoms with E-state index in [9.17, 15) is 18.9 Å². The summed E-state index contributed by atoms with van der Waals surface area (Å²) < 4.78 is 26.4. The van der Waals surface area contributed by atoms with Crippen LogP contribution in [-0.2, 0) is 0 Å². The fourth-order valence-electron chi connectivity index (χ4n) is 1.64. The second-order valence-corrected chi connectivity index (χ2v) is 3.73. The van der Waals surface area contributed by atoms with Crippen molar-refractivity contribution < 1.29 is 13.7 Å². The Morgan fingerprint density at radius 2 is 1.84 bits per heavy atom. The number of nitrogens with one attached hydrogen (secondary N) is 1. The molecule has 0 fully saturated rings. The van der Waals surface area contributed by atoms with E-state index in [0.29, 0.717) is 11.9 Å². The van der Waals surface area contributed by atoms with Crippen LogP contribution in [-0.4, -0.2) is 17.0 Å². The number of halogens is 2. The van der Waals surface area contributed by atoms with Crippen molar-refractivity contribution in [2.45, 2.75) is 0 Å². The van der Waals surface area contributed by atoms with Gasteiger partial charge in [-0.05, 0) is 18.2 Å². The Bertz CT molecular complexity index is 627. The van der Waals surface area contributed by atoms with Gasteiger partial charge in [-0.2, -0.15) is 0 Å². The maximum atomic E-state index is 13.2. The standard InChI is InChI=1S/C12H9F2N3O2/c1-15-11-3-2-10(17(18)19)12(16-11)7-4-8(13)6-9(14)5-7/h2-6H,1H3,(H,15,16). The summed E-state index contributed by atoms with van der Waals surface area (Å²) in [5, 5.41) is 13.6. The van der Waals surface area contributed by atoms with Crippen molar-refractivity contribution in [3.8, 4) is 11.3 Å². The summed E-state index contributed by atoms with van der Waals surface area (Å²) in [6.07, 6.45) is 0. The van der Waals surface area contributed by atoms with Gasteiger partial charge in [0.15, 0.2) is 5.69 Å². The van der Waals surface area contributed by atoms with Gasteiger partial charge in [0.1, 0.15) is 17.5 Å². The minimum Gasteiger partial charge on any atom is -0.373 e. The zero-order valence-electron chi connectivity index (χ0n) is 9.85.